The number of para-hydroxylation sites is 2. The van der Waals surface area contributed by atoms with E-state index in [9.17, 15) is 0 Å². The Hall–Kier alpha value is -3.60. The Bertz CT molecular complexity index is 1790. The summed E-state index contributed by atoms with van der Waals surface area (Å²) in [5.74, 6) is 0. The zero-order valence-corrected chi connectivity index (χ0v) is 22.0. The highest BCUT2D eigenvalue weighted by Crippen LogP contribution is 2.37. The average molecular weight is 503 g/mol. The van der Waals surface area contributed by atoms with Crippen LogP contribution in [0.1, 0.15) is 21.1 Å². The lowest BCUT2D eigenvalue weighted by atomic mass is 9.89. The Morgan fingerprint density at radius 2 is 0.833 bits per heavy atom. The topological polar surface area (TPSA) is 7.76 Å². The number of benzene rings is 5. The van der Waals surface area contributed by atoms with Crippen molar-refractivity contribution in [2.45, 2.75) is 12.8 Å². The predicted octanol–water partition coefficient (Wildman–Crippen LogP) is 7.25. The molecule has 2 aromatic heterocycles. The summed E-state index contributed by atoms with van der Waals surface area (Å²) in [6.07, 6.45) is 1.84. The summed E-state index contributed by atoms with van der Waals surface area (Å²) in [6.45, 7) is 0. The summed E-state index contributed by atoms with van der Waals surface area (Å²) in [6, 6.07) is 35.4. The molecule has 0 aliphatic heterocycles. The fraction of sp³-hybridized carbons (Fsp3) is 0.125. The first-order valence-electron chi connectivity index (χ1n) is 12.3. The van der Waals surface area contributed by atoms with Crippen molar-refractivity contribution in [2.75, 3.05) is 0 Å². The molecule has 0 saturated carbocycles. The van der Waals surface area contributed by atoms with Crippen molar-refractivity contribution >= 4 is 64.7 Å². The minimum Gasteiger partial charge on any atom is -0.188 e. The second kappa shape index (κ2) is 8.51. The third-order valence-corrected chi connectivity index (χ3v) is 9.91. The molecule has 0 fully saturated rings. The van der Waals surface area contributed by atoms with Crippen LogP contribution < -0.4 is 9.13 Å². The standard InChI is InChI=1S/C32H26N2S2/c1-33-27-15-7-9-17-29(27)35-31(33)19-25-23-13-5-3-11-21(23)22-12-4-6-14-24(22)26(25)20-32-34(2)28-16-8-10-18-30(28)36-32/h3-18H,19-20H2,1-2H3/q+2. The molecule has 0 amide bonds. The lowest BCUT2D eigenvalue weighted by Gasteiger charge is -2.15. The molecule has 174 valence electrons. The fourth-order valence-electron chi connectivity index (χ4n) is 5.60. The molecule has 0 radical (unpaired) electrons. The number of aryl methyl sites for hydroxylation is 2. The molecule has 2 heterocycles. The van der Waals surface area contributed by atoms with E-state index < -0.39 is 0 Å². The van der Waals surface area contributed by atoms with Crippen molar-refractivity contribution < 1.29 is 9.13 Å². The van der Waals surface area contributed by atoms with Gasteiger partial charge in [-0.05, 0) is 44.8 Å². The van der Waals surface area contributed by atoms with Crippen molar-refractivity contribution in [3.8, 4) is 0 Å². The molecular weight excluding hydrogens is 477 g/mol. The van der Waals surface area contributed by atoms with E-state index >= 15 is 0 Å². The van der Waals surface area contributed by atoms with E-state index in [0.29, 0.717) is 0 Å². The van der Waals surface area contributed by atoms with Gasteiger partial charge < -0.3 is 0 Å². The summed E-state index contributed by atoms with van der Waals surface area (Å²) in [5.41, 5.74) is 5.51. The maximum Gasteiger partial charge on any atom is 0.242 e. The summed E-state index contributed by atoms with van der Waals surface area (Å²) >= 11 is 3.83. The number of fused-ring (bicyclic) bond motifs is 5. The van der Waals surface area contributed by atoms with Gasteiger partial charge in [-0.3, -0.25) is 0 Å². The monoisotopic (exact) mass is 502 g/mol. The van der Waals surface area contributed by atoms with Gasteiger partial charge in [-0.2, -0.15) is 9.13 Å². The largest absolute Gasteiger partial charge is 0.242 e. The second-order valence-electron chi connectivity index (χ2n) is 9.45. The zero-order chi connectivity index (χ0) is 24.2. The van der Waals surface area contributed by atoms with Gasteiger partial charge in [0.15, 0.2) is 0 Å². The molecule has 0 aliphatic carbocycles. The van der Waals surface area contributed by atoms with Gasteiger partial charge in [0, 0.05) is 12.1 Å². The van der Waals surface area contributed by atoms with Gasteiger partial charge in [0.05, 0.1) is 12.8 Å². The number of aromatic nitrogens is 2. The number of hydrogen-bond acceptors (Lipinski definition) is 2. The zero-order valence-electron chi connectivity index (χ0n) is 20.4. The number of nitrogens with zero attached hydrogens (tertiary/aromatic N) is 2. The normalized spacial score (nSPS) is 11.8. The maximum atomic E-state index is 2.38. The van der Waals surface area contributed by atoms with Crippen molar-refractivity contribution in [1.82, 2.24) is 0 Å². The number of rotatable bonds is 4. The lowest BCUT2D eigenvalue weighted by Crippen LogP contribution is -2.32. The van der Waals surface area contributed by atoms with Crippen LogP contribution in [0, 0.1) is 0 Å². The maximum absolute atomic E-state index is 2.38. The molecule has 2 nitrogen and oxygen atoms in total. The highest BCUT2D eigenvalue weighted by atomic mass is 32.1. The summed E-state index contributed by atoms with van der Waals surface area (Å²) in [7, 11) is 4.42. The molecule has 5 aromatic carbocycles. The van der Waals surface area contributed by atoms with Gasteiger partial charge >= 0.3 is 0 Å². The Morgan fingerprint density at radius 3 is 1.25 bits per heavy atom. The molecular formula is C32H26N2S2+2. The third kappa shape index (κ3) is 3.36. The van der Waals surface area contributed by atoms with Crippen molar-refractivity contribution in [3.05, 3.63) is 118 Å². The van der Waals surface area contributed by atoms with Crippen LogP contribution in [0.3, 0.4) is 0 Å². The van der Waals surface area contributed by atoms with E-state index in [1.165, 1.54) is 63.1 Å². The molecule has 0 saturated heterocycles. The fourth-order valence-corrected chi connectivity index (χ4v) is 7.93. The summed E-state index contributed by atoms with van der Waals surface area (Å²) in [4.78, 5) is 0. The van der Waals surface area contributed by atoms with E-state index in [0.717, 1.165) is 12.8 Å². The van der Waals surface area contributed by atoms with Crippen LogP contribution in [0.2, 0.25) is 0 Å². The first-order chi connectivity index (χ1) is 17.7. The Morgan fingerprint density at radius 1 is 0.472 bits per heavy atom. The molecule has 36 heavy (non-hydrogen) atoms. The SMILES string of the molecule is C[n+]1c(Cc2c(Cc3sc4ccccc4[n+]3C)c3ccccc3c3ccccc23)sc2ccccc21. The van der Waals surface area contributed by atoms with Gasteiger partial charge in [0.2, 0.25) is 21.0 Å². The molecule has 0 unspecified atom stereocenters. The Balaban J connectivity index is 1.50. The van der Waals surface area contributed by atoms with E-state index in [4.69, 9.17) is 0 Å². The Kier molecular flexibility index (Phi) is 5.12. The van der Waals surface area contributed by atoms with Gasteiger partial charge in [-0.25, -0.2) is 0 Å². The van der Waals surface area contributed by atoms with Crippen LogP contribution >= 0.6 is 22.7 Å². The van der Waals surface area contributed by atoms with Crippen molar-refractivity contribution in [1.29, 1.82) is 0 Å². The van der Waals surface area contributed by atoms with Gasteiger partial charge in [-0.15, -0.1) is 0 Å². The molecule has 4 heteroatoms. The smallest absolute Gasteiger partial charge is 0.188 e. The van der Waals surface area contributed by atoms with Crippen LogP contribution in [-0.2, 0) is 26.9 Å². The van der Waals surface area contributed by atoms with E-state index in [2.05, 4.69) is 120 Å². The molecule has 0 aliphatic rings. The molecule has 7 rings (SSSR count). The minimum atomic E-state index is 0.922. The molecule has 0 bridgehead atoms. The van der Waals surface area contributed by atoms with Crippen LogP contribution in [0.15, 0.2) is 97.1 Å². The number of thiazole rings is 2. The summed E-state index contributed by atoms with van der Waals surface area (Å²) < 4.78 is 7.45. The predicted molar refractivity (Wildman–Crippen MR) is 153 cm³/mol. The lowest BCUT2D eigenvalue weighted by molar-refractivity contribution is -0.648. The minimum absolute atomic E-state index is 0.922. The van der Waals surface area contributed by atoms with Gasteiger partial charge in [0.25, 0.3) is 0 Å². The molecule has 0 atom stereocenters. The van der Waals surface area contributed by atoms with Gasteiger partial charge in [-0.1, -0.05) is 95.5 Å². The van der Waals surface area contributed by atoms with Crippen LogP contribution in [-0.4, -0.2) is 0 Å². The molecule has 7 aromatic rings. The van der Waals surface area contributed by atoms with Gasteiger partial charge in [0.1, 0.15) is 23.5 Å². The number of hydrogen-bond donors (Lipinski definition) is 0. The quantitative estimate of drug-likeness (QED) is 0.177. The second-order valence-corrected chi connectivity index (χ2v) is 11.7. The van der Waals surface area contributed by atoms with Crippen LogP contribution in [0.4, 0.5) is 0 Å². The average Bonchev–Trinajstić information content (AvgIpc) is 3.42. The van der Waals surface area contributed by atoms with E-state index in [1.807, 2.05) is 22.7 Å². The van der Waals surface area contributed by atoms with Crippen LogP contribution in [0.5, 0.6) is 0 Å². The Labute approximate surface area is 218 Å². The first-order valence-corrected chi connectivity index (χ1v) is 14.0. The third-order valence-electron chi connectivity index (χ3n) is 7.47. The van der Waals surface area contributed by atoms with E-state index in [1.54, 1.807) is 0 Å². The van der Waals surface area contributed by atoms with E-state index in [-0.39, 0.29) is 0 Å². The highest BCUT2D eigenvalue weighted by molar-refractivity contribution is 7.18. The summed E-state index contributed by atoms with van der Waals surface area (Å²) in [5, 5.41) is 8.20. The van der Waals surface area contributed by atoms with Crippen molar-refractivity contribution in [2.24, 2.45) is 14.1 Å². The van der Waals surface area contributed by atoms with Crippen LogP contribution in [0.25, 0.3) is 42.0 Å². The molecule has 0 spiro atoms. The molecule has 0 N–H and O–H groups in total. The highest BCUT2D eigenvalue weighted by Gasteiger charge is 2.25. The first kappa shape index (κ1) is 21.7. The van der Waals surface area contributed by atoms with Crippen molar-refractivity contribution in [3.63, 3.8) is 0 Å².